The lowest BCUT2D eigenvalue weighted by molar-refractivity contribution is 0.103. The molecule has 0 fully saturated rings. The first kappa shape index (κ1) is 14.2. The Morgan fingerprint density at radius 3 is 2.67 bits per heavy atom. The highest BCUT2D eigenvalue weighted by molar-refractivity contribution is 7.21. The van der Waals surface area contributed by atoms with Crippen molar-refractivity contribution in [3.05, 3.63) is 57.4 Å². The zero-order valence-corrected chi connectivity index (χ0v) is 12.9. The van der Waals surface area contributed by atoms with Gasteiger partial charge in [0.2, 0.25) is 0 Å². The standard InChI is InChI=1S/C15H9Cl2NO2S/c16-8-5-6-11(19)10(7-8)18-15(20)14-13(17)9-3-1-2-4-12(9)21-14/h1-7,19H,(H,18,20). The Balaban J connectivity index is 1.97. The van der Waals surface area contributed by atoms with Crippen molar-refractivity contribution in [1.82, 2.24) is 0 Å². The van der Waals surface area contributed by atoms with E-state index in [0.717, 1.165) is 10.1 Å². The van der Waals surface area contributed by atoms with E-state index in [-0.39, 0.29) is 17.3 Å². The third-order valence-electron chi connectivity index (χ3n) is 2.95. The van der Waals surface area contributed by atoms with E-state index in [1.165, 1.54) is 23.5 Å². The van der Waals surface area contributed by atoms with Gasteiger partial charge in [0.1, 0.15) is 10.6 Å². The van der Waals surface area contributed by atoms with Crippen LogP contribution in [0.15, 0.2) is 42.5 Å². The van der Waals surface area contributed by atoms with Crippen LogP contribution in [0, 0.1) is 0 Å². The average molecular weight is 338 g/mol. The van der Waals surface area contributed by atoms with Crippen LogP contribution in [-0.4, -0.2) is 11.0 Å². The summed E-state index contributed by atoms with van der Waals surface area (Å²) in [4.78, 5) is 12.7. The highest BCUT2D eigenvalue weighted by Crippen LogP contribution is 2.36. The molecule has 3 aromatic rings. The second-order valence-electron chi connectivity index (χ2n) is 4.36. The number of rotatable bonds is 2. The van der Waals surface area contributed by atoms with Gasteiger partial charge in [0, 0.05) is 15.1 Å². The molecule has 1 aromatic heterocycles. The van der Waals surface area contributed by atoms with Crippen LogP contribution in [0.25, 0.3) is 10.1 Å². The second-order valence-corrected chi connectivity index (χ2v) is 6.22. The molecule has 0 aliphatic heterocycles. The number of phenols is 1. The number of halogens is 2. The maximum Gasteiger partial charge on any atom is 0.267 e. The van der Waals surface area contributed by atoms with Crippen LogP contribution >= 0.6 is 34.5 Å². The minimum atomic E-state index is -0.376. The molecule has 0 spiro atoms. The van der Waals surface area contributed by atoms with Crippen molar-refractivity contribution >= 4 is 56.2 Å². The largest absolute Gasteiger partial charge is 0.506 e. The third kappa shape index (κ3) is 2.70. The topological polar surface area (TPSA) is 49.3 Å². The number of phenolic OH excluding ortho intramolecular Hbond substituents is 1. The van der Waals surface area contributed by atoms with Gasteiger partial charge in [-0.1, -0.05) is 41.4 Å². The molecule has 0 aliphatic carbocycles. The Labute approximate surface area is 134 Å². The predicted octanol–water partition coefficient (Wildman–Crippen LogP) is 5.17. The molecule has 0 bridgehead atoms. The van der Waals surface area contributed by atoms with Crippen LogP contribution < -0.4 is 5.32 Å². The average Bonchev–Trinajstić information content (AvgIpc) is 2.81. The summed E-state index contributed by atoms with van der Waals surface area (Å²) in [5.74, 6) is -0.427. The Morgan fingerprint density at radius 1 is 1.14 bits per heavy atom. The Hall–Kier alpha value is -1.75. The van der Waals surface area contributed by atoms with E-state index in [9.17, 15) is 9.90 Å². The Kier molecular flexibility index (Phi) is 3.76. The molecule has 0 saturated carbocycles. The number of aromatic hydroxyl groups is 1. The fourth-order valence-corrected chi connectivity index (χ4v) is 3.53. The van der Waals surface area contributed by atoms with E-state index in [1.54, 1.807) is 6.07 Å². The van der Waals surface area contributed by atoms with Gasteiger partial charge < -0.3 is 10.4 Å². The van der Waals surface area contributed by atoms with E-state index in [4.69, 9.17) is 23.2 Å². The van der Waals surface area contributed by atoms with Crippen molar-refractivity contribution in [3.8, 4) is 5.75 Å². The lowest BCUT2D eigenvalue weighted by Crippen LogP contribution is -2.10. The Bertz CT molecular complexity index is 845. The SMILES string of the molecule is O=C(Nc1cc(Cl)ccc1O)c1sc2ccccc2c1Cl. The molecule has 0 atom stereocenters. The van der Waals surface area contributed by atoms with Gasteiger partial charge >= 0.3 is 0 Å². The van der Waals surface area contributed by atoms with Crippen molar-refractivity contribution in [1.29, 1.82) is 0 Å². The monoisotopic (exact) mass is 337 g/mol. The number of thiophene rings is 1. The summed E-state index contributed by atoms with van der Waals surface area (Å²) in [6, 6.07) is 12.0. The van der Waals surface area contributed by atoms with Crippen LogP contribution in [0.1, 0.15) is 9.67 Å². The molecule has 0 aliphatic rings. The maximum absolute atomic E-state index is 12.3. The lowest BCUT2D eigenvalue weighted by Gasteiger charge is -2.06. The summed E-state index contributed by atoms with van der Waals surface area (Å²) in [6.45, 7) is 0. The molecule has 3 rings (SSSR count). The number of hydrogen-bond acceptors (Lipinski definition) is 3. The van der Waals surface area contributed by atoms with Crippen molar-refractivity contribution < 1.29 is 9.90 Å². The Morgan fingerprint density at radius 2 is 1.90 bits per heavy atom. The third-order valence-corrected chi connectivity index (χ3v) is 4.86. The van der Waals surface area contributed by atoms with Gasteiger partial charge in [0.15, 0.2) is 0 Å². The number of benzene rings is 2. The number of fused-ring (bicyclic) bond motifs is 1. The van der Waals surface area contributed by atoms with Crippen molar-refractivity contribution in [2.45, 2.75) is 0 Å². The molecule has 0 radical (unpaired) electrons. The van der Waals surface area contributed by atoms with Crippen LogP contribution in [0.2, 0.25) is 10.0 Å². The molecule has 2 aromatic carbocycles. The first-order valence-corrected chi connectivity index (χ1v) is 7.60. The van der Waals surface area contributed by atoms with Crippen LogP contribution in [0.3, 0.4) is 0 Å². The van der Waals surface area contributed by atoms with Gasteiger partial charge in [-0.2, -0.15) is 0 Å². The first-order chi connectivity index (χ1) is 10.1. The zero-order chi connectivity index (χ0) is 15.0. The van der Waals surface area contributed by atoms with Gasteiger partial charge in [-0.05, 0) is 24.3 Å². The van der Waals surface area contributed by atoms with Crippen molar-refractivity contribution in [3.63, 3.8) is 0 Å². The van der Waals surface area contributed by atoms with E-state index in [1.807, 2.05) is 24.3 Å². The fraction of sp³-hybridized carbons (Fsp3) is 0. The molecule has 0 saturated heterocycles. The summed E-state index contributed by atoms with van der Waals surface area (Å²) in [6.07, 6.45) is 0. The van der Waals surface area contributed by atoms with E-state index < -0.39 is 0 Å². The minimum absolute atomic E-state index is 0.0509. The number of amides is 1. The molecule has 3 nitrogen and oxygen atoms in total. The summed E-state index contributed by atoms with van der Waals surface area (Å²) in [5.41, 5.74) is 0.251. The van der Waals surface area contributed by atoms with E-state index in [0.29, 0.717) is 14.9 Å². The quantitative estimate of drug-likeness (QED) is 0.634. The molecular weight excluding hydrogens is 329 g/mol. The molecule has 0 unspecified atom stereocenters. The molecular formula is C15H9Cl2NO2S. The molecule has 6 heteroatoms. The molecule has 21 heavy (non-hydrogen) atoms. The van der Waals surface area contributed by atoms with Crippen LogP contribution in [-0.2, 0) is 0 Å². The maximum atomic E-state index is 12.3. The summed E-state index contributed by atoms with van der Waals surface area (Å²) < 4.78 is 0.933. The zero-order valence-electron chi connectivity index (χ0n) is 10.6. The summed E-state index contributed by atoms with van der Waals surface area (Å²) in [7, 11) is 0. The van der Waals surface area contributed by atoms with Gasteiger partial charge in [-0.3, -0.25) is 4.79 Å². The van der Waals surface area contributed by atoms with Crippen LogP contribution in [0.5, 0.6) is 5.75 Å². The number of hydrogen-bond donors (Lipinski definition) is 2. The normalized spacial score (nSPS) is 10.8. The minimum Gasteiger partial charge on any atom is -0.506 e. The lowest BCUT2D eigenvalue weighted by atomic mass is 10.2. The van der Waals surface area contributed by atoms with Gasteiger partial charge in [-0.25, -0.2) is 0 Å². The molecule has 2 N–H and O–H groups in total. The van der Waals surface area contributed by atoms with Crippen molar-refractivity contribution in [2.75, 3.05) is 5.32 Å². The number of anilines is 1. The summed E-state index contributed by atoms with van der Waals surface area (Å²) >= 11 is 13.4. The highest BCUT2D eigenvalue weighted by atomic mass is 35.5. The number of carbonyl (C=O) groups is 1. The first-order valence-electron chi connectivity index (χ1n) is 6.03. The summed E-state index contributed by atoms with van der Waals surface area (Å²) in [5, 5.41) is 14.0. The second kappa shape index (κ2) is 5.56. The van der Waals surface area contributed by atoms with E-state index >= 15 is 0 Å². The number of nitrogens with one attached hydrogen (secondary N) is 1. The van der Waals surface area contributed by atoms with E-state index in [2.05, 4.69) is 5.32 Å². The van der Waals surface area contributed by atoms with Gasteiger partial charge in [0.25, 0.3) is 5.91 Å². The molecule has 1 amide bonds. The number of carbonyl (C=O) groups excluding carboxylic acids is 1. The molecule has 106 valence electrons. The smallest absolute Gasteiger partial charge is 0.267 e. The van der Waals surface area contributed by atoms with Gasteiger partial charge in [0.05, 0.1) is 10.7 Å². The highest BCUT2D eigenvalue weighted by Gasteiger charge is 2.18. The van der Waals surface area contributed by atoms with Crippen molar-refractivity contribution in [2.24, 2.45) is 0 Å². The predicted molar refractivity (Wildman–Crippen MR) is 87.9 cm³/mol. The van der Waals surface area contributed by atoms with Gasteiger partial charge in [-0.15, -0.1) is 11.3 Å². The fourth-order valence-electron chi connectivity index (χ4n) is 1.95. The van der Waals surface area contributed by atoms with Crippen LogP contribution in [0.4, 0.5) is 5.69 Å². The molecule has 1 heterocycles.